The number of carbonyl (C=O) groups excluding carboxylic acids is 1. The van der Waals surface area contributed by atoms with Gasteiger partial charge in [0.1, 0.15) is 12.1 Å². The minimum absolute atomic E-state index is 0.0762. The molecule has 0 aliphatic carbocycles. The number of methoxy groups -OCH3 is 1. The Kier molecular flexibility index (Phi) is 7.01. The normalized spacial score (nSPS) is 11.0. The second-order valence-corrected chi connectivity index (χ2v) is 8.19. The Morgan fingerprint density at radius 3 is 2.07 bits per heavy atom. The van der Waals surface area contributed by atoms with Crippen molar-refractivity contribution in [3.63, 3.8) is 0 Å². The van der Waals surface area contributed by atoms with Crippen molar-refractivity contribution in [2.45, 2.75) is 0 Å². The van der Waals surface area contributed by atoms with Crippen LogP contribution in [0, 0.1) is 4.77 Å². The first kappa shape index (κ1) is 22.1. The molecule has 0 unspecified atom stereocenters. The van der Waals surface area contributed by atoms with Crippen molar-refractivity contribution < 1.29 is 14.6 Å². The lowest BCUT2D eigenvalue weighted by Crippen LogP contribution is -2.27. The Morgan fingerprint density at radius 1 is 1.07 bits per heavy atom. The van der Waals surface area contributed by atoms with Gasteiger partial charge in [0, 0.05) is 15.2 Å². The smallest absolute Gasteiger partial charge is 0.327 e. The van der Waals surface area contributed by atoms with Crippen molar-refractivity contribution in [2.24, 2.45) is 4.99 Å². The predicted octanol–water partition coefficient (Wildman–Crippen LogP) is 4.18. The number of aliphatic imine (C=N–C) groups is 1. The fourth-order valence-electron chi connectivity index (χ4n) is 2.64. The third kappa shape index (κ3) is 4.61. The van der Waals surface area contributed by atoms with Crippen LogP contribution in [-0.2, 0) is 9.53 Å². The Hall–Kier alpha value is -2.56. The van der Waals surface area contributed by atoms with E-state index in [0.717, 1.165) is 15.2 Å². The molecule has 0 aliphatic heterocycles. The van der Waals surface area contributed by atoms with Crippen molar-refractivity contribution in [3.8, 4) is 17.3 Å². The molecule has 154 valence electrons. The zero-order valence-corrected chi connectivity index (χ0v) is 19.6. The molecule has 0 fully saturated rings. The first-order chi connectivity index (χ1) is 14.3. The zero-order valence-electron chi connectivity index (χ0n) is 15.6. The Morgan fingerprint density at radius 2 is 1.57 bits per heavy atom. The van der Waals surface area contributed by atoms with Crippen LogP contribution in [0.4, 0.5) is 0 Å². The van der Waals surface area contributed by atoms with Gasteiger partial charge in [0.05, 0.1) is 18.5 Å². The lowest BCUT2D eigenvalue weighted by Gasteiger charge is -2.16. The standard InChI is InChI=1S/C20H15Br2N3O4S/c1-29-17(26)11-23-10-16-18(27)24(14-6-2-12(21)3-7-14)20(30)25(19(16)28)15-8-4-13(22)5-9-15/h2-10,27H,11H2,1H3. The summed E-state index contributed by atoms with van der Waals surface area (Å²) < 4.78 is 8.97. The lowest BCUT2D eigenvalue weighted by molar-refractivity contribution is -0.138. The number of rotatable bonds is 5. The van der Waals surface area contributed by atoms with Crippen LogP contribution in [0.15, 0.2) is 67.3 Å². The molecule has 0 saturated heterocycles. The number of esters is 1. The minimum Gasteiger partial charge on any atom is -0.494 e. The predicted molar refractivity (Wildman–Crippen MR) is 124 cm³/mol. The number of carbonyl (C=O) groups is 1. The lowest BCUT2D eigenvalue weighted by atomic mass is 10.2. The third-order valence-electron chi connectivity index (χ3n) is 4.11. The van der Waals surface area contributed by atoms with Crippen LogP contribution >= 0.6 is 44.1 Å². The maximum Gasteiger partial charge on any atom is 0.327 e. The number of hydrogen-bond donors (Lipinski definition) is 1. The van der Waals surface area contributed by atoms with E-state index < -0.39 is 11.5 Å². The molecule has 0 spiro atoms. The van der Waals surface area contributed by atoms with Crippen molar-refractivity contribution in [1.82, 2.24) is 9.13 Å². The van der Waals surface area contributed by atoms with Crippen LogP contribution in [-0.4, -0.2) is 40.1 Å². The summed E-state index contributed by atoms with van der Waals surface area (Å²) in [6.07, 6.45) is 1.15. The Labute approximate surface area is 193 Å². The average Bonchev–Trinajstić information content (AvgIpc) is 2.73. The molecule has 3 aromatic rings. The molecule has 7 nitrogen and oxygen atoms in total. The molecule has 10 heteroatoms. The molecule has 0 amide bonds. The van der Waals surface area contributed by atoms with Crippen LogP contribution in [0.3, 0.4) is 0 Å². The van der Waals surface area contributed by atoms with E-state index in [0.29, 0.717) is 11.4 Å². The first-order valence-electron chi connectivity index (χ1n) is 8.53. The van der Waals surface area contributed by atoms with Gasteiger partial charge >= 0.3 is 5.97 Å². The number of hydrogen-bond acceptors (Lipinski definition) is 6. The van der Waals surface area contributed by atoms with Gasteiger partial charge in [-0.15, -0.1) is 0 Å². The topological polar surface area (TPSA) is 85.8 Å². The molecule has 30 heavy (non-hydrogen) atoms. The van der Waals surface area contributed by atoms with Gasteiger partial charge in [-0.1, -0.05) is 31.9 Å². The van der Waals surface area contributed by atoms with Crippen molar-refractivity contribution in [1.29, 1.82) is 0 Å². The molecule has 0 atom stereocenters. The molecule has 0 saturated carbocycles. The minimum atomic E-state index is -0.570. The van der Waals surface area contributed by atoms with Gasteiger partial charge in [-0.3, -0.25) is 23.7 Å². The number of halogens is 2. The van der Waals surface area contributed by atoms with E-state index in [1.807, 2.05) is 0 Å². The molecule has 2 aromatic carbocycles. The highest BCUT2D eigenvalue weighted by atomic mass is 79.9. The largest absolute Gasteiger partial charge is 0.494 e. The SMILES string of the molecule is COC(=O)CN=Cc1c(O)n(-c2ccc(Br)cc2)c(=S)n(-c2ccc(Br)cc2)c1=O. The van der Waals surface area contributed by atoms with Gasteiger partial charge in [0.15, 0.2) is 4.77 Å². The molecule has 1 aromatic heterocycles. The van der Waals surface area contributed by atoms with Crippen LogP contribution < -0.4 is 5.56 Å². The number of benzene rings is 2. The van der Waals surface area contributed by atoms with E-state index in [-0.39, 0.29) is 22.8 Å². The van der Waals surface area contributed by atoms with E-state index in [4.69, 9.17) is 12.2 Å². The van der Waals surface area contributed by atoms with Gasteiger partial charge in [-0.05, 0) is 60.7 Å². The third-order valence-corrected chi connectivity index (χ3v) is 5.53. The molecular weight excluding hydrogens is 538 g/mol. The van der Waals surface area contributed by atoms with Gasteiger partial charge in [-0.2, -0.15) is 0 Å². The van der Waals surface area contributed by atoms with Crippen LogP contribution in [0.25, 0.3) is 11.4 Å². The molecular formula is C20H15Br2N3O4S. The molecule has 3 rings (SSSR count). The van der Waals surface area contributed by atoms with E-state index in [9.17, 15) is 14.7 Å². The Bertz CT molecular complexity index is 1230. The monoisotopic (exact) mass is 551 g/mol. The Balaban J connectivity index is 2.30. The fraction of sp³-hybridized carbons (Fsp3) is 0.100. The van der Waals surface area contributed by atoms with Gasteiger partial charge in [0.2, 0.25) is 5.88 Å². The maximum absolute atomic E-state index is 13.2. The van der Waals surface area contributed by atoms with Gasteiger partial charge in [-0.25, -0.2) is 0 Å². The number of nitrogens with zero attached hydrogens (tertiary/aromatic N) is 3. The van der Waals surface area contributed by atoms with Crippen molar-refractivity contribution in [2.75, 3.05) is 13.7 Å². The van der Waals surface area contributed by atoms with E-state index in [2.05, 4.69) is 41.6 Å². The van der Waals surface area contributed by atoms with Crippen LogP contribution in [0.2, 0.25) is 0 Å². The maximum atomic E-state index is 13.2. The highest BCUT2D eigenvalue weighted by Gasteiger charge is 2.18. The summed E-state index contributed by atoms with van der Waals surface area (Å²) in [7, 11) is 1.24. The van der Waals surface area contributed by atoms with E-state index in [1.165, 1.54) is 16.2 Å². The van der Waals surface area contributed by atoms with Crippen LogP contribution in [0.1, 0.15) is 5.56 Å². The summed E-state index contributed by atoms with van der Waals surface area (Å²) in [6, 6.07) is 14.1. The average molecular weight is 553 g/mol. The fourth-order valence-corrected chi connectivity index (χ4v) is 3.55. The second-order valence-electron chi connectivity index (χ2n) is 5.99. The van der Waals surface area contributed by atoms with E-state index in [1.54, 1.807) is 48.5 Å². The van der Waals surface area contributed by atoms with Crippen LogP contribution in [0.5, 0.6) is 5.88 Å². The molecule has 1 heterocycles. The highest BCUT2D eigenvalue weighted by molar-refractivity contribution is 9.10. The molecule has 0 radical (unpaired) electrons. The molecule has 1 N–H and O–H groups in total. The highest BCUT2D eigenvalue weighted by Crippen LogP contribution is 2.23. The van der Waals surface area contributed by atoms with E-state index >= 15 is 0 Å². The van der Waals surface area contributed by atoms with Crippen molar-refractivity contribution >= 4 is 56.3 Å². The number of aromatic hydroxyl groups is 1. The first-order valence-corrected chi connectivity index (χ1v) is 10.5. The number of ether oxygens (including phenoxy) is 1. The van der Waals surface area contributed by atoms with Crippen molar-refractivity contribution in [3.05, 3.63) is 78.2 Å². The van der Waals surface area contributed by atoms with Gasteiger partial charge in [0.25, 0.3) is 5.56 Å². The van der Waals surface area contributed by atoms with Gasteiger partial charge < -0.3 is 9.84 Å². The summed E-state index contributed by atoms with van der Waals surface area (Å²) in [5, 5.41) is 10.9. The summed E-state index contributed by atoms with van der Waals surface area (Å²) in [5.41, 5.74) is 0.385. The number of aromatic nitrogens is 2. The summed E-state index contributed by atoms with van der Waals surface area (Å²) in [6.45, 7) is -0.290. The molecule has 0 bridgehead atoms. The summed E-state index contributed by atoms with van der Waals surface area (Å²) >= 11 is 12.3. The summed E-state index contributed by atoms with van der Waals surface area (Å²) in [5.74, 6) is -0.950. The summed E-state index contributed by atoms with van der Waals surface area (Å²) in [4.78, 5) is 28.5. The second kappa shape index (κ2) is 9.50. The zero-order chi connectivity index (χ0) is 21.8. The quantitative estimate of drug-likeness (QED) is 0.291. The molecule has 0 aliphatic rings.